The summed E-state index contributed by atoms with van der Waals surface area (Å²) in [6.07, 6.45) is 0. The lowest BCUT2D eigenvalue weighted by molar-refractivity contribution is 0.0942. The fourth-order valence-corrected chi connectivity index (χ4v) is 2.72. The van der Waals surface area contributed by atoms with Gasteiger partial charge in [0.15, 0.2) is 0 Å². The summed E-state index contributed by atoms with van der Waals surface area (Å²) in [5, 5.41) is 4.76. The summed E-state index contributed by atoms with van der Waals surface area (Å²) >= 11 is 1.64. The number of nitrogens with two attached hydrogens (primary N) is 1. The third-order valence-electron chi connectivity index (χ3n) is 3.11. The van der Waals surface area contributed by atoms with Crippen LogP contribution >= 0.6 is 11.3 Å². The van der Waals surface area contributed by atoms with Gasteiger partial charge in [0.1, 0.15) is 5.82 Å². The summed E-state index contributed by atoms with van der Waals surface area (Å²) in [6, 6.07) is 7.98. The van der Waals surface area contributed by atoms with Crippen LogP contribution < -0.4 is 11.1 Å². The molecule has 0 aliphatic heterocycles. The molecule has 2 rings (SSSR count). The smallest absolute Gasteiger partial charge is 0.254 e. The van der Waals surface area contributed by atoms with Crippen molar-refractivity contribution >= 4 is 22.9 Å². The number of anilines is 1. The molecule has 1 heterocycles. The fraction of sp³-hybridized carbons (Fsp3) is 0.267. The number of carbonyl (C=O) groups is 1. The normalized spacial score (nSPS) is 11.3. The Morgan fingerprint density at radius 1 is 1.40 bits per heavy atom. The van der Waals surface area contributed by atoms with Crippen molar-refractivity contribution in [2.24, 2.45) is 0 Å². The number of carbonyl (C=O) groups excluding carboxylic acids is 1. The Bertz CT molecular complexity index is 608. The molecule has 1 aromatic carbocycles. The Morgan fingerprint density at radius 3 is 2.80 bits per heavy atom. The molecule has 5 heteroatoms. The van der Waals surface area contributed by atoms with Gasteiger partial charge in [0.05, 0.1) is 5.56 Å². The van der Waals surface area contributed by atoms with Gasteiger partial charge in [0.25, 0.3) is 5.91 Å². The van der Waals surface area contributed by atoms with Crippen LogP contribution in [0.3, 0.4) is 0 Å². The van der Waals surface area contributed by atoms with E-state index in [4.69, 9.17) is 5.73 Å². The van der Waals surface area contributed by atoms with Crippen LogP contribution in [-0.4, -0.2) is 12.5 Å². The second kappa shape index (κ2) is 5.63. The number of nitrogens with one attached hydrogen (secondary N) is 1. The quantitative estimate of drug-likeness (QED) is 0.850. The van der Waals surface area contributed by atoms with Crippen molar-refractivity contribution in [3.8, 4) is 0 Å². The standard InChI is InChI=1S/C15H17FN2OS/c1-15(2,13-4-3-7-20-13)9-18-14(19)11-8-10(17)5-6-12(11)16/h3-8H,9,17H2,1-2H3,(H,18,19). The van der Waals surface area contributed by atoms with Gasteiger partial charge >= 0.3 is 0 Å². The Balaban J connectivity index is 2.07. The van der Waals surface area contributed by atoms with Crippen molar-refractivity contribution < 1.29 is 9.18 Å². The van der Waals surface area contributed by atoms with Gasteiger partial charge < -0.3 is 11.1 Å². The molecule has 2 aromatic rings. The van der Waals surface area contributed by atoms with Crippen molar-refractivity contribution in [2.45, 2.75) is 19.3 Å². The van der Waals surface area contributed by atoms with Crippen molar-refractivity contribution in [3.05, 3.63) is 52.0 Å². The van der Waals surface area contributed by atoms with E-state index in [1.807, 2.05) is 31.4 Å². The molecule has 0 bridgehead atoms. The largest absolute Gasteiger partial charge is 0.399 e. The van der Waals surface area contributed by atoms with Crippen molar-refractivity contribution in [1.82, 2.24) is 5.32 Å². The van der Waals surface area contributed by atoms with Crippen molar-refractivity contribution in [1.29, 1.82) is 0 Å². The molecule has 106 valence electrons. The van der Waals surface area contributed by atoms with Gasteiger partial charge in [-0.15, -0.1) is 11.3 Å². The number of hydrogen-bond donors (Lipinski definition) is 2. The van der Waals surface area contributed by atoms with Gasteiger partial charge in [0.2, 0.25) is 0 Å². The third-order valence-corrected chi connectivity index (χ3v) is 4.35. The number of amides is 1. The molecule has 0 saturated heterocycles. The maximum atomic E-state index is 13.6. The number of rotatable bonds is 4. The Kier molecular flexibility index (Phi) is 4.09. The van der Waals surface area contributed by atoms with E-state index in [1.54, 1.807) is 11.3 Å². The SMILES string of the molecule is CC(C)(CNC(=O)c1cc(N)ccc1F)c1cccs1. The monoisotopic (exact) mass is 292 g/mol. The van der Waals surface area contributed by atoms with E-state index >= 15 is 0 Å². The molecule has 0 unspecified atom stereocenters. The van der Waals surface area contributed by atoms with Gasteiger partial charge in [0, 0.05) is 22.5 Å². The van der Waals surface area contributed by atoms with Crippen molar-refractivity contribution in [2.75, 3.05) is 12.3 Å². The molecule has 1 aromatic heterocycles. The maximum absolute atomic E-state index is 13.6. The van der Waals surface area contributed by atoms with Gasteiger partial charge in [-0.05, 0) is 29.6 Å². The Hall–Kier alpha value is -1.88. The molecule has 1 amide bonds. The molecule has 0 saturated carbocycles. The van der Waals surface area contributed by atoms with Gasteiger partial charge in [-0.25, -0.2) is 4.39 Å². The van der Waals surface area contributed by atoms with Gasteiger partial charge in [-0.2, -0.15) is 0 Å². The number of hydrogen-bond acceptors (Lipinski definition) is 3. The molecule has 0 aliphatic rings. The van der Waals surface area contributed by atoms with Gasteiger partial charge in [-0.3, -0.25) is 4.79 Å². The van der Waals surface area contributed by atoms with Crippen LogP contribution in [0.1, 0.15) is 29.1 Å². The summed E-state index contributed by atoms with van der Waals surface area (Å²) in [4.78, 5) is 13.2. The predicted molar refractivity (Wildman–Crippen MR) is 80.5 cm³/mol. The maximum Gasteiger partial charge on any atom is 0.254 e. The lowest BCUT2D eigenvalue weighted by Gasteiger charge is -2.23. The van der Waals surface area contributed by atoms with E-state index in [-0.39, 0.29) is 11.0 Å². The Labute approximate surface area is 121 Å². The topological polar surface area (TPSA) is 55.1 Å². The van der Waals surface area contributed by atoms with E-state index in [0.717, 1.165) is 0 Å². The lowest BCUT2D eigenvalue weighted by atomic mass is 9.91. The highest BCUT2D eigenvalue weighted by molar-refractivity contribution is 7.10. The van der Waals surface area contributed by atoms with E-state index in [1.165, 1.54) is 23.1 Å². The molecule has 0 atom stereocenters. The van der Waals surface area contributed by atoms with Crippen molar-refractivity contribution in [3.63, 3.8) is 0 Å². The van der Waals surface area contributed by atoms with Gasteiger partial charge in [-0.1, -0.05) is 19.9 Å². The van der Waals surface area contributed by atoms with E-state index < -0.39 is 11.7 Å². The van der Waals surface area contributed by atoms with E-state index in [9.17, 15) is 9.18 Å². The molecule has 0 aliphatic carbocycles. The number of benzene rings is 1. The molecule has 20 heavy (non-hydrogen) atoms. The molecular formula is C15H17FN2OS. The fourth-order valence-electron chi connectivity index (χ4n) is 1.86. The highest BCUT2D eigenvalue weighted by Crippen LogP contribution is 2.26. The highest BCUT2D eigenvalue weighted by Gasteiger charge is 2.23. The first-order chi connectivity index (χ1) is 9.40. The zero-order valence-electron chi connectivity index (χ0n) is 11.4. The number of halogens is 1. The highest BCUT2D eigenvalue weighted by atomic mass is 32.1. The molecule has 0 fully saturated rings. The number of nitrogen functional groups attached to an aromatic ring is 1. The van der Waals surface area contributed by atoms with Crippen LogP contribution in [0.5, 0.6) is 0 Å². The van der Waals surface area contributed by atoms with Crippen LogP contribution in [0.15, 0.2) is 35.7 Å². The molecule has 3 nitrogen and oxygen atoms in total. The minimum atomic E-state index is -0.564. The summed E-state index contributed by atoms with van der Waals surface area (Å²) in [5.74, 6) is -1.01. The summed E-state index contributed by atoms with van der Waals surface area (Å²) < 4.78 is 13.6. The first-order valence-electron chi connectivity index (χ1n) is 6.27. The third kappa shape index (κ3) is 3.17. The summed E-state index contributed by atoms with van der Waals surface area (Å²) in [5.41, 5.74) is 5.73. The van der Waals surface area contributed by atoms with Crippen LogP contribution in [0.25, 0.3) is 0 Å². The van der Waals surface area contributed by atoms with Crippen LogP contribution in [0, 0.1) is 5.82 Å². The van der Waals surface area contributed by atoms with E-state index in [2.05, 4.69) is 5.32 Å². The molecule has 0 spiro atoms. The minimum absolute atomic E-state index is 0.0213. The molecule has 0 radical (unpaired) electrons. The predicted octanol–water partition coefficient (Wildman–Crippen LogP) is 3.18. The average molecular weight is 292 g/mol. The Morgan fingerprint density at radius 2 is 2.15 bits per heavy atom. The molecule has 3 N–H and O–H groups in total. The van der Waals surface area contributed by atoms with Crippen LogP contribution in [-0.2, 0) is 5.41 Å². The first-order valence-corrected chi connectivity index (χ1v) is 7.15. The summed E-state index contributed by atoms with van der Waals surface area (Å²) in [7, 11) is 0. The second-order valence-corrected chi connectivity index (χ2v) is 6.23. The van der Waals surface area contributed by atoms with Crippen LogP contribution in [0.4, 0.5) is 10.1 Å². The van der Waals surface area contributed by atoms with Crippen LogP contribution in [0.2, 0.25) is 0 Å². The first kappa shape index (κ1) is 14.5. The van der Waals surface area contributed by atoms with E-state index in [0.29, 0.717) is 12.2 Å². The lowest BCUT2D eigenvalue weighted by Crippen LogP contribution is -2.36. The molecular weight excluding hydrogens is 275 g/mol. The average Bonchev–Trinajstić information content (AvgIpc) is 2.93. The second-order valence-electron chi connectivity index (χ2n) is 5.28. The zero-order valence-corrected chi connectivity index (χ0v) is 12.3. The zero-order chi connectivity index (χ0) is 14.8. The minimum Gasteiger partial charge on any atom is -0.399 e. The summed E-state index contributed by atoms with van der Waals surface area (Å²) in [6.45, 7) is 4.50. The number of thiophene rings is 1.